The lowest BCUT2D eigenvalue weighted by molar-refractivity contribution is -0.137. The fourth-order valence-electron chi connectivity index (χ4n) is 4.47. The Bertz CT molecular complexity index is 1010. The molecule has 2 saturated heterocycles. The van der Waals surface area contributed by atoms with Crippen molar-refractivity contribution in [2.24, 2.45) is 0 Å². The molecule has 2 fully saturated rings. The molecule has 176 valence electrons. The van der Waals surface area contributed by atoms with Gasteiger partial charge in [-0.1, -0.05) is 12.1 Å². The average molecular weight is 462 g/mol. The van der Waals surface area contributed by atoms with E-state index in [0.717, 1.165) is 37.0 Å². The van der Waals surface area contributed by atoms with Gasteiger partial charge in [-0.25, -0.2) is 4.79 Å². The molecule has 0 bridgehead atoms. The van der Waals surface area contributed by atoms with E-state index in [1.54, 1.807) is 17.0 Å². The third-order valence-electron chi connectivity index (χ3n) is 6.23. The molecule has 0 radical (unpaired) electrons. The summed E-state index contributed by atoms with van der Waals surface area (Å²) in [7, 11) is 1.48. The SMILES string of the molecule is COC1OC(=O)N(c2ccc(C3CCCCN3C(=O)c3ccc(C(F)(F)F)cc3)cc2)C1C. The lowest BCUT2D eigenvalue weighted by Gasteiger charge is -2.36. The predicted molar refractivity (Wildman–Crippen MR) is 115 cm³/mol. The molecule has 0 aliphatic carbocycles. The van der Waals surface area contributed by atoms with E-state index in [2.05, 4.69) is 0 Å². The molecular weight excluding hydrogens is 437 g/mol. The zero-order valence-electron chi connectivity index (χ0n) is 18.3. The van der Waals surface area contributed by atoms with Gasteiger partial charge in [0.25, 0.3) is 5.91 Å². The Morgan fingerprint density at radius 3 is 2.30 bits per heavy atom. The van der Waals surface area contributed by atoms with Crippen LogP contribution in [0.3, 0.4) is 0 Å². The number of hydrogen-bond acceptors (Lipinski definition) is 4. The van der Waals surface area contributed by atoms with Gasteiger partial charge in [0.15, 0.2) is 0 Å². The van der Waals surface area contributed by atoms with Crippen LogP contribution in [-0.4, -0.2) is 42.9 Å². The van der Waals surface area contributed by atoms with Crippen LogP contribution in [0.4, 0.5) is 23.7 Å². The summed E-state index contributed by atoms with van der Waals surface area (Å²) in [5.41, 5.74) is 1.01. The van der Waals surface area contributed by atoms with Gasteiger partial charge >= 0.3 is 12.3 Å². The third-order valence-corrected chi connectivity index (χ3v) is 6.23. The summed E-state index contributed by atoms with van der Waals surface area (Å²) < 4.78 is 49.0. The number of halogens is 3. The molecule has 3 atom stereocenters. The highest BCUT2D eigenvalue weighted by molar-refractivity contribution is 5.94. The number of likely N-dealkylation sites (tertiary alicyclic amines) is 1. The first kappa shape index (κ1) is 23.1. The van der Waals surface area contributed by atoms with Gasteiger partial charge in [0.2, 0.25) is 6.29 Å². The fourth-order valence-corrected chi connectivity index (χ4v) is 4.47. The van der Waals surface area contributed by atoms with Crippen molar-refractivity contribution in [2.45, 2.75) is 50.7 Å². The van der Waals surface area contributed by atoms with Crippen LogP contribution < -0.4 is 4.90 Å². The summed E-state index contributed by atoms with van der Waals surface area (Å²) in [6.07, 6.45) is -3.06. The standard InChI is InChI=1S/C24H25F3N2O4/c1-15-22(32-2)33-23(31)29(15)19-12-8-16(9-13-19)20-5-3-4-14-28(20)21(30)17-6-10-18(11-7-17)24(25,26)27/h6-13,15,20,22H,3-5,14H2,1-2H3. The number of amides is 2. The first-order chi connectivity index (χ1) is 15.7. The van der Waals surface area contributed by atoms with E-state index in [1.807, 2.05) is 19.1 Å². The van der Waals surface area contributed by atoms with Gasteiger partial charge in [0, 0.05) is 24.9 Å². The topological polar surface area (TPSA) is 59.1 Å². The highest BCUT2D eigenvalue weighted by Crippen LogP contribution is 2.35. The number of cyclic esters (lactones) is 1. The number of methoxy groups -OCH3 is 1. The molecular formula is C24H25F3N2O4. The smallest absolute Gasteiger partial charge is 0.417 e. The fraction of sp³-hybridized carbons (Fsp3) is 0.417. The molecule has 2 amide bonds. The molecule has 0 saturated carbocycles. The Hall–Kier alpha value is -3.07. The van der Waals surface area contributed by atoms with Gasteiger partial charge in [-0.05, 0) is 68.1 Å². The Morgan fingerprint density at radius 2 is 1.73 bits per heavy atom. The summed E-state index contributed by atoms with van der Waals surface area (Å²) in [4.78, 5) is 28.6. The molecule has 0 N–H and O–H groups in total. The summed E-state index contributed by atoms with van der Waals surface area (Å²) in [6, 6.07) is 11.2. The maximum absolute atomic E-state index is 13.1. The first-order valence-electron chi connectivity index (χ1n) is 10.8. The molecule has 2 aliphatic rings. The van der Waals surface area contributed by atoms with E-state index in [-0.39, 0.29) is 23.6 Å². The van der Waals surface area contributed by atoms with E-state index >= 15 is 0 Å². The van der Waals surface area contributed by atoms with Crippen molar-refractivity contribution in [3.63, 3.8) is 0 Å². The highest BCUT2D eigenvalue weighted by Gasteiger charge is 2.40. The van der Waals surface area contributed by atoms with Crippen molar-refractivity contribution in [3.8, 4) is 0 Å². The van der Waals surface area contributed by atoms with Crippen molar-refractivity contribution >= 4 is 17.7 Å². The van der Waals surface area contributed by atoms with E-state index in [9.17, 15) is 22.8 Å². The van der Waals surface area contributed by atoms with E-state index in [1.165, 1.54) is 24.1 Å². The average Bonchev–Trinajstić information content (AvgIpc) is 3.11. The van der Waals surface area contributed by atoms with Crippen molar-refractivity contribution in [1.29, 1.82) is 0 Å². The summed E-state index contributed by atoms with van der Waals surface area (Å²) in [6.45, 7) is 2.36. The number of nitrogens with zero attached hydrogens (tertiary/aromatic N) is 2. The number of rotatable bonds is 4. The highest BCUT2D eigenvalue weighted by atomic mass is 19.4. The number of anilines is 1. The largest absolute Gasteiger partial charge is 0.417 e. The third kappa shape index (κ3) is 4.55. The monoisotopic (exact) mass is 462 g/mol. The summed E-state index contributed by atoms with van der Waals surface area (Å²) in [5, 5.41) is 0. The quantitative estimate of drug-likeness (QED) is 0.611. The molecule has 2 aromatic rings. The molecule has 9 heteroatoms. The van der Waals surface area contributed by atoms with Crippen molar-refractivity contribution in [3.05, 3.63) is 65.2 Å². The summed E-state index contributed by atoms with van der Waals surface area (Å²) in [5.74, 6) is -0.294. The molecule has 0 aromatic heterocycles. The molecule has 2 aliphatic heterocycles. The molecule has 3 unspecified atom stereocenters. The van der Waals surface area contributed by atoms with Crippen LogP contribution in [0.15, 0.2) is 48.5 Å². The zero-order valence-corrected chi connectivity index (χ0v) is 18.3. The van der Waals surface area contributed by atoms with Crippen molar-refractivity contribution in [1.82, 2.24) is 4.90 Å². The zero-order chi connectivity index (χ0) is 23.8. The Labute approximate surface area is 189 Å². The number of hydrogen-bond donors (Lipinski definition) is 0. The molecule has 2 heterocycles. The van der Waals surface area contributed by atoms with Crippen LogP contribution in [0.2, 0.25) is 0 Å². The molecule has 0 spiro atoms. The van der Waals surface area contributed by atoms with Crippen LogP contribution >= 0.6 is 0 Å². The number of carbonyl (C=O) groups excluding carboxylic acids is 2. The molecule has 6 nitrogen and oxygen atoms in total. The number of carbonyl (C=O) groups is 2. The molecule has 2 aromatic carbocycles. The van der Waals surface area contributed by atoms with Crippen LogP contribution in [-0.2, 0) is 15.7 Å². The van der Waals surface area contributed by atoms with Gasteiger partial charge in [-0.3, -0.25) is 9.69 Å². The Morgan fingerprint density at radius 1 is 1.06 bits per heavy atom. The maximum Gasteiger partial charge on any atom is 0.417 e. The number of ether oxygens (including phenoxy) is 2. The summed E-state index contributed by atoms with van der Waals surface area (Å²) >= 11 is 0. The van der Waals surface area contributed by atoms with Crippen LogP contribution in [0.1, 0.15) is 53.7 Å². The Kier molecular flexibility index (Phi) is 6.34. The van der Waals surface area contributed by atoms with Gasteiger partial charge < -0.3 is 14.4 Å². The predicted octanol–water partition coefficient (Wildman–Crippen LogP) is 5.39. The second-order valence-electron chi connectivity index (χ2n) is 8.28. The number of piperidine rings is 1. The van der Waals surface area contributed by atoms with Crippen LogP contribution in [0.25, 0.3) is 0 Å². The second-order valence-corrected chi connectivity index (χ2v) is 8.28. The minimum Gasteiger partial charge on any atom is -0.417 e. The lowest BCUT2D eigenvalue weighted by Crippen LogP contribution is -2.38. The van der Waals surface area contributed by atoms with E-state index in [4.69, 9.17) is 9.47 Å². The van der Waals surface area contributed by atoms with Gasteiger partial charge in [0.1, 0.15) is 6.04 Å². The van der Waals surface area contributed by atoms with Crippen molar-refractivity contribution in [2.75, 3.05) is 18.6 Å². The first-order valence-corrected chi connectivity index (χ1v) is 10.8. The number of benzene rings is 2. The normalized spacial score (nSPS) is 23.5. The van der Waals surface area contributed by atoms with Gasteiger partial charge in [-0.15, -0.1) is 0 Å². The van der Waals surface area contributed by atoms with Gasteiger partial charge in [-0.2, -0.15) is 13.2 Å². The Balaban J connectivity index is 1.54. The van der Waals surface area contributed by atoms with E-state index in [0.29, 0.717) is 12.2 Å². The molecule has 33 heavy (non-hydrogen) atoms. The molecule has 4 rings (SSSR count). The minimum atomic E-state index is -4.44. The van der Waals surface area contributed by atoms with E-state index < -0.39 is 24.1 Å². The van der Waals surface area contributed by atoms with Gasteiger partial charge in [0.05, 0.1) is 11.6 Å². The van der Waals surface area contributed by atoms with Crippen LogP contribution in [0, 0.1) is 0 Å². The van der Waals surface area contributed by atoms with Crippen LogP contribution in [0.5, 0.6) is 0 Å². The number of alkyl halides is 3. The second kappa shape index (κ2) is 9.05. The minimum absolute atomic E-state index is 0.197. The van der Waals surface area contributed by atoms with Crippen molar-refractivity contribution < 1.29 is 32.2 Å². The lowest BCUT2D eigenvalue weighted by atomic mass is 9.94. The maximum atomic E-state index is 13.1.